The fourth-order valence-corrected chi connectivity index (χ4v) is 5.85. The minimum Gasteiger partial charge on any atom is -0.481 e. The monoisotopic (exact) mass is 645 g/mol. The smallest absolute Gasteiger partial charge is 0.340 e. The quantitative estimate of drug-likeness (QED) is 0.169. The molecule has 0 spiro atoms. The van der Waals surface area contributed by atoms with E-state index < -0.39 is 42.4 Å². The lowest BCUT2D eigenvalue weighted by Gasteiger charge is -2.26. The maximum atomic E-state index is 13.2. The van der Waals surface area contributed by atoms with E-state index in [-0.39, 0.29) is 28.7 Å². The van der Waals surface area contributed by atoms with Gasteiger partial charge in [0.15, 0.2) is 0 Å². The van der Waals surface area contributed by atoms with Gasteiger partial charge in [0, 0.05) is 29.3 Å². The third-order valence-corrected chi connectivity index (χ3v) is 8.45. The Morgan fingerprint density at radius 1 is 1.02 bits per heavy atom. The zero-order chi connectivity index (χ0) is 34.1. The van der Waals surface area contributed by atoms with Crippen LogP contribution in [0.3, 0.4) is 0 Å². The van der Waals surface area contributed by atoms with Crippen molar-refractivity contribution in [1.29, 1.82) is 0 Å². The molecule has 0 bridgehead atoms. The third kappa shape index (κ3) is 9.35. The number of carbonyl (C=O) groups excluding carboxylic acids is 2. The molecule has 13 nitrogen and oxygen atoms in total. The number of nitrogens with one attached hydrogen (secondary N) is 1. The molecule has 2 atom stereocenters. The molecule has 248 valence electrons. The molecule has 1 saturated carbocycles. The van der Waals surface area contributed by atoms with Crippen LogP contribution in [0.4, 0.5) is 5.69 Å². The number of nitrogens with two attached hydrogens (primary N) is 1. The Morgan fingerprint density at radius 2 is 1.72 bits per heavy atom. The maximum absolute atomic E-state index is 13.2. The topological polar surface area (TPSA) is 208 Å². The van der Waals surface area contributed by atoms with E-state index in [1.165, 1.54) is 30.0 Å². The van der Waals surface area contributed by atoms with Crippen LogP contribution in [0.25, 0.3) is 11.0 Å². The number of hydrogen-bond acceptors (Lipinski definition) is 8. The zero-order valence-electron chi connectivity index (χ0n) is 26.3. The highest BCUT2D eigenvalue weighted by Crippen LogP contribution is 2.35. The molecule has 1 fully saturated rings. The van der Waals surface area contributed by atoms with E-state index in [1.54, 1.807) is 25.3 Å². The molecule has 4 aromatic rings. The fraction of sp³-hybridized carbons (Fsp3) is 0.382. The van der Waals surface area contributed by atoms with Crippen molar-refractivity contribution >= 4 is 40.4 Å². The van der Waals surface area contributed by atoms with Crippen LogP contribution in [-0.4, -0.2) is 49.0 Å². The second-order valence-electron chi connectivity index (χ2n) is 11.8. The number of anilines is 1. The number of carboxylic acid groups (broad SMARTS) is 2. The van der Waals surface area contributed by atoms with Crippen LogP contribution in [0.1, 0.15) is 79.8 Å². The SMILES string of the molecule is Cc1c(CC(=O)O)c(=O)oc2cc(NC(=O)C(CC(=O)O)n3cc(C(C)C4CCCCC4)nn3)ccc12.NC(=O)Cc1ccccc1. The Balaban J connectivity index is 0.000000427. The van der Waals surface area contributed by atoms with Gasteiger partial charge >= 0.3 is 17.6 Å². The Bertz CT molecular complexity index is 1790. The second kappa shape index (κ2) is 15.8. The molecule has 0 aliphatic heterocycles. The molecule has 47 heavy (non-hydrogen) atoms. The number of hydrogen-bond donors (Lipinski definition) is 4. The van der Waals surface area contributed by atoms with Gasteiger partial charge in [-0.2, -0.15) is 0 Å². The van der Waals surface area contributed by atoms with Crippen LogP contribution >= 0.6 is 0 Å². The van der Waals surface area contributed by atoms with E-state index in [0.29, 0.717) is 23.3 Å². The number of nitrogens with zero attached hydrogens (tertiary/aromatic N) is 3. The lowest BCUT2D eigenvalue weighted by Crippen LogP contribution is -2.28. The van der Waals surface area contributed by atoms with Gasteiger partial charge in [-0.3, -0.25) is 19.2 Å². The van der Waals surface area contributed by atoms with Crippen LogP contribution in [0, 0.1) is 12.8 Å². The number of aryl methyl sites for hydroxylation is 1. The highest BCUT2D eigenvalue weighted by molar-refractivity contribution is 5.97. The Labute approximate surface area is 270 Å². The zero-order valence-corrected chi connectivity index (χ0v) is 26.3. The van der Waals surface area contributed by atoms with E-state index in [1.807, 2.05) is 30.3 Å². The number of fused-ring (bicyclic) bond motifs is 1. The molecule has 5 N–H and O–H groups in total. The van der Waals surface area contributed by atoms with Crippen LogP contribution in [0.5, 0.6) is 0 Å². The maximum Gasteiger partial charge on any atom is 0.340 e. The molecule has 0 saturated heterocycles. The van der Waals surface area contributed by atoms with E-state index in [0.717, 1.165) is 24.1 Å². The molecule has 1 aliphatic carbocycles. The number of aliphatic carboxylic acids is 2. The van der Waals surface area contributed by atoms with Gasteiger partial charge in [-0.05, 0) is 48.9 Å². The minimum atomic E-state index is -1.16. The highest BCUT2D eigenvalue weighted by Gasteiger charge is 2.28. The molecule has 0 radical (unpaired) electrons. The molecule has 1 aliphatic rings. The minimum absolute atomic E-state index is 0.0581. The second-order valence-corrected chi connectivity index (χ2v) is 11.8. The summed E-state index contributed by atoms with van der Waals surface area (Å²) in [7, 11) is 0. The van der Waals surface area contributed by atoms with Gasteiger partial charge in [0.25, 0.3) is 0 Å². The summed E-state index contributed by atoms with van der Waals surface area (Å²) in [6.07, 6.45) is 6.85. The predicted octanol–water partition coefficient (Wildman–Crippen LogP) is 4.37. The van der Waals surface area contributed by atoms with Crippen molar-refractivity contribution in [1.82, 2.24) is 15.0 Å². The van der Waals surface area contributed by atoms with E-state index in [4.69, 9.17) is 15.3 Å². The Morgan fingerprint density at radius 3 is 2.36 bits per heavy atom. The van der Waals surface area contributed by atoms with E-state index >= 15 is 0 Å². The van der Waals surface area contributed by atoms with Gasteiger partial charge in [0.05, 0.1) is 30.5 Å². The van der Waals surface area contributed by atoms with Crippen molar-refractivity contribution in [3.05, 3.63) is 87.5 Å². The van der Waals surface area contributed by atoms with Gasteiger partial charge in [0.2, 0.25) is 11.8 Å². The van der Waals surface area contributed by atoms with Crippen LogP contribution in [0.15, 0.2) is 63.9 Å². The van der Waals surface area contributed by atoms with Crippen molar-refractivity contribution < 1.29 is 33.8 Å². The summed E-state index contributed by atoms with van der Waals surface area (Å²) < 4.78 is 6.60. The molecule has 2 aromatic carbocycles. The fourth-order valence-electron chi connectivity index (χ4n) is 5.85. The summed E-state index contributed by atoms with van der Waals surface area (Å²) in [5.74, 6) is -2.56. The lowest BCUT2D eigenvalue weighted by molar-refractivity contribution is -0.140. The van der Waals surface area contributed by atoms with E-state index in [2.05, 4.69) is 22.6 Å². The molecule has 2 aromatic heterocycles. The average molecular weight is 646 g/mol. The summed E-state index contributed by atoms with van der Waals surface area (Å²) in [5.41, 5.74) is 6.93. The summed E-state index contributed by atoms with van der Waals surface area (Å²) in [6.45, 7) is 3.72. The first kappa shape index (κ1) is 34.5. The summed E-state index contributed by atoms with van der Waals surface area (Å²) in [6, 6.07) is 12.9. The van der Waals surface area contributed by atoms with Gasteiger partial charge in [-0.25, -0.2) is 9.48 Å². The number of carboxylic acids is 2. The molecular weight excluding hydrogens is 606 g/mol. The first-order valence-electron chi connectivity index (χ1n) is 15.5. The molecule has 2 amide bonds. The predicted molar refractivity (Wildman–Crippen MR) is 173 cm³/mol. The lowest BCUT2D eigenvalue weighted by atomic mass is 9.80. The van der Waals surface area contributed by atoms with Gasteiger partial charge in [-0.15, -0.1) is 5.10 Å². The van der Waals surface area contributed by atoms with Crippen LogP contribution < -0.4 is 16.7 Å². The van der Waals surface area contributed by atoms with Crippen molar-refractivity contribution in [2.24, 2.45) is 11.7 Å². The molecule has 5 rings (SSSR count). The standard InChI is InChI=1S/C26H30N4O7.C8H9NO/c1-14(16-6-4-3-5-7-16)20-13-30(29-28-20)21(12-24(33)34)25(35)27-17-8-9-18-15(2)19(11-23(31)32)26(36)37-22(18)10-17;9-8(10)6-7-4-2-1-3-5-7/h8-10,13-14,16,21H,3-7,11-12H2,1-2H3,(H,27,35)(H,31,32)(H,33,34);1-5H,6H2,(H2,9,10). The highest BCUT2D eigenvalue weighted by atomic mass is 16.4. The largest absolute Gasteiger partial charge is 0.481 e. The normalized spacial score (nSPS) is 14.4. The van der Waals surface area contributed by atoms with E-state index in [9.17, 15) is 29.1 Å². The molecule has 13 heteroatoms. The number of rotatable bonds is 11. The first-order chi connectivity index (χ1) is 22.4. The molecule has 2 heterocycles. The third-order valence-electron chi connectivity index (χ3n) is 8.45. The number of carbonyl (C=O) groups is 4. The molecule has 2 unspecified atom stereocenters. The van der Waals surface area contributed by atoms with Gasteiger partial charge < -0.3 is 25.7 Å². The average Bonchev–Trinajstić information content (AvgIpc) is 3.52. The van der Waals surface area contributed by atoms with Gasteiger partial charge in [0.1, 0.15) is 11.6 Å². The summed E-state index contributed by atoms with van der Waals surface area (Å²) in [4.78, 5) is 58.5. The number of benzene rings is 2. The van der Waals surface area contributed by atoms with Gasteiger partial charge in [-0.1, -0.05) is 61.7 Å². The molecular formula is C34H39N5O8. The Kier molecular flexibility index (Phi) is 11.6. The van der Waals surface area contributed by atoms with Crippen molar-refractivity contribution in [3.63, 3.8) is 0 Å². The Hall–Kier alpha value is -5.33. The number of amides is 2. The number of primary amides is 1. The summed E-state index contributed by atoms with van der Waals surface area (Å²) >= 11 is 0. The number of aromatic nitrogens is 3. The van der Waals surface area contributed by atoms with Crippen LogP contribution in [0.2, 0.25) is 0 Å². The first-order valence-corrected chi connectivity index (χ1v) is 15.5. The van der Waals surface area contributed by atoms with Crippen molar-refractivity contribution in [2.75, 3.05) is 5.32 Å². The summed E-state index contributed by atoms with van der Waals surface area (Å²) in [5, 5.41) is 30.0. The van der Waals surface area contributed by atoms with Crippen molar-refractivity contribution in [2.45, 2.75) is 77.2 Å². The van der Waals surface area contributed by atoms with Crippen LogP contribution in [-0.2, 0) is 32.0 Å². The van der Waals surface area contributed by atoms with Crippen molar-refractivity contribution in [3.8, 4) is 0 Å².